The van der Waals surface area contributed by atoms with E-state index in [0.29, 0.717) is 6.42 Å². The van der Waals surface area contributed by atoms with Crippen molar-refractivity contribution in [1.82, 2.24) is 5.32 Å². The van der Waals surface area contributed by atoms with Crippen molar-refractivity contribution in [2.75, 3.05) is 0 Å². The molecule has 1 aromatic carbocycles. The molecule has 21 heavy (non-hydrogen) atoms. The second-order valence-corrected chi connectivity index (χ2v) is 6.11. The molecule has 0 unspecified atom stereocenters. The molecule has 0 saturated heterocycles. The number of ether oxygens (including phenoxy) is 1. The molecule has 0 aliphatic rings. The van der Waals surface area contributed by atoms with Crippen molar-refractivity contribution in [1.29, 1.82) is 0 Å². The van der Waals surface area contributed by atoms with Gasteiger partial charge in [-0.2, -0.15) is 0 Å². The molecule has 0 saturated carbocycles. The zero-order valence-corrected chi connectivity index (χ0v) is 12.9. The summed E-state index contributed by atoms with van der Waals surface area (Å²) in [4.78, 5) is 22.6. The van der Waals surface area contributed by atoms with Crippen LogP contribution in [0.3, 0.4) is 0 Å². The molecule has 0 spiro atoms. The van der Waals surface area contributed by atoms with Gasteiger partial charge >= 0.3 is 6.09 Å². The molecule has 1 amide bonds. The van der Waals surface area contributed by atoms with E-state index in [9.17, 15) is 14.7 Å². The Hall–Kier alpha value is -2.04. The minimum absolute atomic E-state index is 0.257. The molecule has 0 fully saturated rings. The Morgan fingerprint density at radius 3 is 2.29 bits per heavy atom. The molecule has 5 heteroatoms. The molecule has 0 aliphatic carbocycles. The van der Waals surface area contributed by atoms with Crippen molar-refractivity contribution in [3.05, 3.63) is 35.4 Å². The Kier molecular flexibility index (Phi) is 5.76. The van der Waals surface area contributed by atoms with Gasteiger partial charge in [0.1, 0.15) is 5.60 Å². The fraction of sp³-hybridized carbons (Fsp3) is 0.500. The number of rotatable bonds is 5. The third-order valence-electron chi connectivity index (χ3n) is 2.74. The Balaban J connectivity index is 2.69. The summed E-state index contributed by atoms with van der Waals surface area (Å²) < 4.78 is 5.14. The first-order valence-electron chi connectivity index (χ1n) is 6.90. The molecule has 0 aliphatic heterocycles. The zero-order chi connectivity index (χ0) is 16.0. The first-order valence-corrected chi connectivity index (χ1v) is 6.90. The molecule has 1 atom stereocenters. The summed E-state index contributed by atoms with van der Waals surface area (Å²) in [6.07, 6.45) is -0.471. The molecular weight excluding hydrogens is 270 g/mol. The van der Waals surface area contributed by atoms with Crippen molar-refractivity contribution in [2.24, 2.45) is 0 Å². The summed E-state index contributed by atoms with van der Waals surface area (Å²) in [5, 5.41) is 13.4. The number of carbonyl (C=O) groups is 2. The van der Waals surface area contributed by atoms with Gasteiger partial charge in [-0.05, 0) is 39.7 Å². The maximum atomic E-state index is 11.7. The summed E-state index contributed by atoms with van der Waals surface area (Å²) in [6.45, 7) is 7.22. The Morgan fingerprint density at radius 2 is 1.81 bits per heavy atom. The SMILES string of the molecule is Cc1ccc(C[C@H](CC(=O)[O-])NC(=O)OC(C)(C)C)cc1. The highest BCUT2D eigenvalue weighted by molar-refractivity contribution is 5.70. The van der Waals surface area contributed by atoms with Crippen molar-refractivity contribution in [2.45, 2.75) is 52.2 Å². The molecule has 5 nitrogen and oxygen atoms in total. The fourth-order valence-corrected chi connectivity index (χ4v) is 1.86. The highest BCUT2D eigenvalue weighted by atomic mass is 16.6. The van der Waals surface area contributed by atoms with E-state index in [4.69, 9.17) is 4.74 Å². The molecule has 0 aromatic heterocycles. The predicted molar refractivity (Wildman–Crippen MR) is 77.7 cm³/mol. The highest BCUT2D eigenvalue weighted by Crippen LogP contribution is 2.10. The number of carboxylic acid groups (broad SMARTS) is 1. The van der Waals surface area contributed by atoms with Gasteiger partial charge in [0, 0.05) is 18.4 Å². The third-order valence-corrected chi connectivity index (χ3v) is 2.74. The number of aryl methyl sites for hydroxylation is 1. The lowest BCUT2D eigenvalue weighted by Crippen LogP contribution is -2.43. The lowest BCUT2D eigenvalue weighted by Gasteiger charge is -2.24. The quantitative estimate of drug-likeness (QED) is 0.893. The average molecular weight is 292 g/mol. The summed E-state index contributed by atoms with van der Waals surface area (Å²) in [6, 6.07) is 7.15. The van der Waals surface area contributed by atoms with E-state index < -0.39 is 23.7 Å². The Morgan fingerprint density at radius 1 is 1.24 bits per heavy atom. The number of carbonyl (C=O) groups excluding carboxylic acids is 2. The second kappa shape index (κ2) is 7.11. The lowest BCUT2D eigenvalue weighted by atomic mass is 10.0. The van der Waals surface area contributed by atoms with E-state index in [1.54, 1.807) is 20.8 Å². The number of benzene rings is 1. The highest BCUT2D eigenvalue weighted by Gasteiger charge is 2.19. The first-order chi connectivity index (χ1) is 9.65. The van der Waals surface area contributed by atoms with Gasteiger partial charge in [0.25, 0.3) is 0 Å². The van der Waals surface area contributed by atoms with Crippen LogP contribution in [-0.2, 0) is 16.0 Å². The van der Waals surface area contributed by atoms with Crippen LogP contribution in [0.25, 0.3) is 0 Å². The number of amides is 1. The minimum atomic E-state index is -1.21. The molecule has 1 N–H and O–H groups in total. The topological polar surface area (TPSA) is 78.5 Å². The summed E-state index contributed by atoms with van der Waals surface area (Å²) in [7, 11) is 0. The van der Waals surface area contributed by atoms with Crippen LogP contribution in [0.2, 0.25) is 0 Å². The van der Waals surface area contributed by atoms with Gasteiger partial charge in [-0.3, -0.25) is 0 Å². The smallest absolute Gasteiger partial charge is 0.407 e. The molecule has 1 rings (SSSR count). The number of nitrogens with one attached hydrogen (secondary N) is 1. The normalized spacial score (nSPS) is 12.6. The molecule has 0 heterocycles. The van der Waals surface area contributed by atoms with Gasteiger partial charge in [-0.1, -0.05) is 29.8 Å². The Labute approximate surface area is 125 Å². The first kappa shape index (κ1) is 17.0. The van der Waals surface area contributed by atoms with Crippen molar-refractivity contribution in [3.8, 4) is 0 Å². The van der Waals surface area contributed by atoms with Crippen molar-refractivity contribution >= 4 is 12.1 Å². The van der Waals surface area contributed by atoms with Crippen molar-refractivity contribution < 1.29 is 19.4 Å². The van der Waals surface area contributed by atoms with Gasteiger partial charge < -0.3 is 20.0 Å². The summed E-state index contributed by atoms with van der Waals surface area (Å²) in [5.74, 6) is -1.21. The summed E-state index contributed by atoms with van der Waals surface area (Å²) >= 11 is 0. The van der Waals surface area contributed by atoms with Gasteiger partial charge in [0.2, 0.25) is 0 Å². The standard InChI is InChI=1S/C16H23NO4/c1-11-5-7-12(8-6-11)9-13(10-14(18)19)17-15(20)21-16(2,3)4/h5-8,13H,9-10H2,1-4H3,(H,17,20)(H,18,19)/p-1/t13-/m1/s1. The second-order valence-electron chi connectivity index (χ2n) is 6.11. The van der Waals surface area contributed by atoms with Crippen LogP contribution in [-0.4, -0.2) is 23.7 Å². The summed E-state index contributed by atoms with van der Waals surface area (Å²) in [5.41, 5.74) is 1.44. The van der Waals surface area contributed by atoms with E-state index in [0.717, 1.165) is 11.1 Å². The van der Waals surface area contributed by atoms with E-state index in [-0.39, 0.29) is 6.42 Å². The van der Waals surface area contributed by atoms with E-state index in [2.05, 4.69) is 5.32 Å². The molecule has 0 bridgehead atoms. The largest absolute Gasteiger partial charge is 0.550 e. The zero-order valence-electron chi connectivity index (χ0n) is 12.9. The van der Waals surface area contributed by atoms with Gasteiger partial charge in [0.05, 0.1) is 0 Å². The molecular formula is C16H22NO4-. The number of hydrogen-bond donors (Lipinski definition) is 1. The van der Waals surface area contributed by atoms with Crippen LogP contribution in [0.1, 0.15) is 38.3 Å². The van der Waals surface area contributed by atoms with Crippen LogP contribution in [0, 0.1) is 6.92 Å². The monoisotopic (exact) mass is 292 g/mol. The molecule has 0 radical (unpaired) electrons. The number of carboxylic acids is 1. The van der Waals surface area contributed by atoms with Crippen LogP contribution < -0.4 is 10.4 Å². The van der Waals surface area contributed by atoms with Gasteiger partial charge in [0.15, 0.2) is 0 Å². The van der Waals surface area contributed by atoms with Gasteiger partial charge in [-0.25, -0.2) is 4.79 Å². The fourth-order valence-electron chi connectivity index (χ4n) is 1.86. The van der Waals surface area contributed by atoms with Gasteiger partial charge in [-0.15, -0.1) is 0 Å². The third kappa shape index (κ3) is 7.34. The molecule has 116 valence electrons. The maximum Gasteiger partial charge on any atom is 0.407 e. The minimum Gasteiger partial charge on any atom is -0.550 e. The number of hydrogen-bond acceptors (Lipinski definition) is 4. The average Bonchev–Trinajstić information content (AvgIpc) is 2.28. The van der Waals surface area contributed by atoms with Crippen LogP contribution in [0.4, 0.5) is 4.79 Å². The van der Waals surface area contributed by atoms with E-state index >= 15 is 0 Å². The molecule has 1 aromatic rings. The predicted octanol–water partition coefficient (Wildman–Crippen LogP) is 1.57. The van der Waals surface area contributed by atoms with Crippen LogP contribution >= 0.6 is 0 Å². The van der Waals surface area contributed by atoms with Crippen LogP contribution in [0.5, 0.6) is 0 Å². The van der Waals surface area contributed by atoms with Crippen LogP contribution in [0.15, 0.2) is 24.3 Å². The number of aliphatic carboxylic acids is 1. The van der Waals surface area contributed by atoms with Crippen molar-refractivity contribution in [3.63, 3.8) is 0 Å². The maximum absolute atomic E-state index is 11.7. The lowest BCUT2D eigenvalue weighted by molar-refractivity contribution is -0.306. The van der Waals surface area contributed by atoms with E-state index in [1.165, 1.54) is 0 Å². The van der Waals surface area contributed by atoms with E-state index in [1.807, 2.05) is 31.2 Å². The Bertz CT molecular complexity index is 488. The number of alkyl carbamates (subject to hydrolysis) is 1.